The topological polar surface area (TPSA) is 74.3 Å². The number of benzene rings is 1. The van der Waals surface area contributed by atoms with E-state index >= 15 is 0 Å². The van der Waals surface area contributed by atoms with Crippen LogP contribution < -0.4 is 10.6 Å². The third kappa shape index (κ3) is 6.79. The van der Waals surface area contributed by atoms with Crippen molar-refractivity contribution in [3.05, 3.63) is 65.2 Å². The van der Waals surface area contributed by atoms with Crippen molar-refractivity contribution in [3.8, 4) is 0 Å². The fourth-order valence-electron chi connectivity index (χ4n) is 2.50. The van der Waals surface area contributed by atoms with Crippen LogP contribution in [0.3, 0.4) is 0 Å². The first-order valence-corrected chi connectivity index (χ1v) is 8.87. The van der Waals surface area contributed by atoms with E-state index in [9.17, 15) is 14.0 Å². The Labute approximate surface area is 158 Å². The number of aromatic nitrogens is 1. The molecule has 0 radical (unpaired) electrons. The first-order valence-electron chi connectivity index (χ1n) is 8.87. The monoisotopic (exact) mass is 372 g/mol. The molecule has 7 heteroatoms. The van der Waals surface area contributed by atoms with Gasteiger partial charge in [-0.25, -0.2) is 4.39 Å². The highest BCUT2D eigenvalue weighted by Crippen LogP contribution is 2.07. The van der Waals surface area contributed by atoms with Crippen molar-refractivity contribution in [2.45, 2.75) is 12.8 Å². The summed E-state index contributed by atoms with van der Waals surface area (Å²) in [5, 5.41) is 5.54. The van der Waals surface area contributed by atoms with E-state index in [1.54, 1.807) is 18.2 Å². The van der Waals surface area contributed by atoms with Gasteiger partial charge in [0, 0.05) is 25.5 Å². The molecule has 2 aromatic rings. The molecular formula is C20H25FN4O2. The summed E-state index contributed by atoms with van der Waals surface area (Å²) < 4.78 is 13.6. The fraction of sp³-hybridized carbons (Fsp3) is 0.350. The number of hydrogen-bond donors (Lipinski definition) is 2. The van der Waals surface area contributed by atoms with E-state index in [1.807, 2.05) is 19.0 Å². The predicted molar refractivity (Wildman–Crippen MR) is 102 cm³/mol. The Bertz CT molecular complexity index is 780. The molecule has 1 heterocycles. The Balaban J connectivity index is 1.85. The number of pyridine rings is 1. The van der Waals surface area contributed by atoms with Crippen LogP contribution in [0.5, 0.6) is 0 Å². The number of nitrogens with one attached hydrogen (secondary N) is 2. The Morgan fingerprint density at radius 1 is 1.04 bits per heavy atom. The number of nitrogens with zero attached hydrogens (tertiary/aromatic N) is 2. The van der Waals surface area contributed by atoms with Gasteiger partial charge in [0.25, 0.3) is 11.8 Å². The van der Waals surface area contributed by atoms with E-state index in [0.29, 0.717) is 36.2 Å². The SMILES string of the molecule is CN(C)CCCNC(=O)c1cncc(C(=O)NCCc2ccccc2F)c1. The Morgan fingerprint density at radius 2 is 1.67 bits per heavy atom. The first-order chi connectivity index (χ1) is 13.0. The lowest BCUT2D eigenvalue weighted by Gasteiger charge is -2.10. The van der Waals surface area contributed by atoms with Gasteiger partial charge in [0.15, 0.2) is 0 Å². The molecule has 2 rings (SSSR count). The van der Waals surface area contributed by atoms with Crippen LogP contribution in [0.25, 0.3) is 0 Å². The summed E-state index contributed by atoms with van der Waals surface area (Å²) in [6.07, 6.45) is 4.05. The van der Waals surface area contributed by atoms with Crippen LogP contribution in [0.2, 0.25) is 0 Å². The number of halogens is 1. The van der Waals surface area contributed by atoms with Crippen molar-refractivity contribution in [1.29, 1.82) is 0 Å². The van der Waals surface area contributed by atoms with Gasteiger partial charge in [-0.15, -0.1) is 0 Å². The maximum absolute atomic E-state index is 13.6. The predicted octanol–water partition coefficient (Wildman–Crippen LogP) is 1.87. The average molecular weight is 372 g/mol. The molecule has 0 fully saturated rings. The number of hydrogen-bond acceptors (Lipinski definition) is 4. The highest BCUT2D eigenvalue weighted by atomic mass is 19.1. The van der Waals surface area contributed by atoms with Crippen LogP contribution in [-0.2, 0) is 6.42 Å². The molecule has 0 atom stereocenters. The third-order valence-corrected chi connectivity index (χ3v) is 3.97. The van der Waals surface area contributed by atoms with Gasteiger partial charge in [0.2, 0.25) is 0 Å². The zero-order valence-corrected chi connectivity index (χ0v) is 15.7. The molecule has 0 aliphatic heterocycles. The molecule has 1 aromatic carbocycles. The second kappa shape index (κ2) is 10.4. The molecular weight excluding hydrogens is 347 g/mol. The summed E-state index contributed by atoms with van der Waals surface area (Å²) in [5.41, 5.74) is 1.17. The Kier molecular flexibility index (Phi) is 7.88. The number of rotatable bonds is 9. The molecule has 0 unspecified atom stereocenters. The van der Waals surface area contributed by atoms with E-state index in [0.717, 1.165) is 13.0 Å². The molecule has 2 amide bonds. The Hall–Kier alpha value is -2.80. The van der Waals surface area contributed by atoms with Crippen LogP contribution in [0, 0.1) is 5.82 Å². The molecule has 0 aliphatic rings. The highest BCUT2D eigenvalue weighted by Gasteiger charge is 2.11. The van der Waals surface area contributed by atoms with Gasteiger partial charge in [0.05, 0.1) is 11.1 Å². The zero-order valence-electron chi connectivity index (χ0n) is 15.7. The van der Waals surface area contributed by atoms with Crippen molar-refractivity contribution in [2.75, 3.05) is 33.7 Å². The summed E-state index contributed by atoms with van der Waals surface area (Å²) in [5.74, 6) is -0.898. The van der Waals surface area contributed by atoms with Gasteiger partial charge in [-0.1, -0.05) is 18.2 Å². The maximum Gasteiger partial charge on any atom is 0.252 e. The van der Waals surface area contributed by atoms with E-state index in [2.05, 4.69) is 15.6 Å². The first kappa shape index (κ1) is 20.5. The number of carbonyl (C=O) groups excluding carboxylic acids is 2. The minimum Gasteiger partial charge on any atom is -0.352 e. The van der Waals surface area contributed by atoms with Crippen molar-refractivity contribution in [3.63, 3.8) is 0 Å². The van der Waals surface area contributed by atoms with Crippen molar-refractivity contribution in [1.82, 2.24) is 20.5 Å². The lowest BCUT2D eigenvalue weighted by atomic mass is 10.1. The summed E-state index contributed by atoms with van der Waals surface area (Å²) >= 11 is 0. The summed E-state index contributed by atoms with van der Waals surface area (Å²) in [7, 11) is 3.94. The lowest BCUT2D eigenvalue weighted by Crippen LogP contribution is -2.28. The normalized spacial score (nSPS) is 10.7. The largest absolute Gasteiger partial charge is 0.352 e. The molecule has 0 spiro atoms. The minimum atomic E-state index is -0.346. The van der Waals surface area contributed by atoms with Crippen LogP contribution in [0.4, 0.5) is 4.39 Å². The van der Waals surface area contributed by atoms with Crippen LogP contribution in [0.1, 0.15) is 32.7 Å². The van der Waals surface area contributed by atoms with Gasteiger partial charge in [-0.2, -0.15) is 0 Å². The quantitative estimate of drug-likeness (QED) is 0.659. The van der Waals surface area contributed by atoms with Crippen molar-refractivity contribution in [2.24, 2.45) is 0 Å². The van der Waals surface area contributed by atoms with Gasteiger partial charge < -0.3 is 15.5 Å². The molecule has 144 valence electrons. The maximum atomic E-state index is 13.6. The highest BCUT2D eigenvalue weighted by molar-refractivity contribution is 5.99. The van der Waals surface area contributed by atoms with Gasteiger partial charge >= 0.3 is 0 Å². The molecule has 1 aromatic heterocycles. The molecule has 0 saturated heterocycles. The zero-order chi connectivity index (χ0) is 19.6. The molecule has 2 N–H and O–H groups in total. The smallest absolute Gasteiger partial charge is 0.252 e. The van der Waals surface area contributed by atoms with Gasteiger partial charge in [-0.3, -0.25) is 14.6 Å². The molecule has 27 heavy (non-hydrogen) atoms. The molecule has 0 saturated carbocycles. The van der Waals surface area contributed by atoms with E-state index < -0.39 is 0 Å². The number of amides is 2. The third-order valence-electron chi connectivity index (χ3n) is 3.97. The fourth-order valence-corrected chi connectivity index (χ4v) is 2.50. The molecule has 0 aliphatic carbocycles. The van der Waals surface area contributed by atoms with Crippen LogP contribution >= 0.6 is 0 Å². The van der Waals surface area contributed by atoms with E-state index in [-0.39, 0.29) is 17.6 Å². The van der Waals surface area contributed by atoms with E-state index in [1.165, 1.54) is 24.5 Å². The van der Waals surface area contributed by atoms with Gasteiger partial charge in [0.1, 0.15) is 5.82 Å². The van der Waals surface area contributed by atoms with Crippen LogP contribution in [-0.4, -0.2) is 55.4 Å². The van der Waals surface area contributed by atoms with Crippen LogP contribution in [0.15, 0.2) is 42.7 Å². The average Bonchev–Trinajstić information content (AvgIpc) is 2.66. The number of carbonyl (C=O) groups is 2. The Morgan fingerprint density at radius 3 is 2.30 bits per heavy atom. The van der Waals surface area contributed by atoms with Crippen molar-refractivity contribution < 1.29 is 14.0 Å². The second-order valence-corrected chi connectivity index (χ2v) is 6.47. The lowest BCUT2D eigenvalue weighted by molar-refractivity contribution is 0.0952. The summed E-state index contributed by atoms with van der Waals surface area (Å²) in [6.45, 7) is 1.72. The minimum absolute atomic E-state index is 0.262. The standard InChI is InChI=1S/C20H25FN4O2/c1-25(2)11-5-9-23-19(26)16-12-17(14-22-13-16)20(27)24-10-8-15-6-3-4-7-18(15)21/h3-4,6-7,12-14H,5,8-11H2,1-2H3,(H,23,26)(H,24,27). The summed E-state index contributed by atoms with van der Waals surface area (Å²) in [4.78, 5) is 30.4. The molecule has 0 bridgehead atoms. The summed E-state index contributed by atoms with van der Waals surface area (Å²) in [6, 6.07) is 7.96. The van der Waals surface area contributed by atoms with E-state index in [4.69, 9.17) is 0 Å². The van der Waals surface area contributed by atoms with Gasteiger partial charge in [-0.05, 0) is 51.2 Å². The van der Waals surface area contributed by atoms with Crippen molar-refractivity contribution >= 4 is 11.8 Å². The molecule has 6 nitrogen and oxygen atoms in total. The second-order valence-electron chi connectivity index (χ2n) is 6.47.